The molecule has 1 fully saturated rings. The number of methoxy groups -OCH3 is 1. The van der Waals surface area contributed by atoms with E-state index >= 15 is 0 Å². The predicted octanol–water partition coefficient (Wildman–Crippen LogP) is 1.70. The Kier molecular flexibility index (Phi) is 4.29. The summed E-state index contributed by atoms with van der Waals surface area (Å²) in [5.74, 6) is 0.518. The summed E-state index contributed by atoms with van der Waals surface area (Å²) in [7, 11) is 1.56. The molecule has 114 valence electrons. The van der Waals surface area contributed by atoms with Crippen LogP contribution in [-0.2, 0) is 4.74 Å². The normalized spacial score (nSPS) is 18.0. The molecule has 1 aromatic heterocycles. The molecular weight excluding hydrogens is 282 g/mol. The summed E-state index contributed by atoms with van der Waals surface area (Å²) in [6.07, 6.45) is 4.66. The van der Waals surface area contributed by atoms with Crippen molar-refractivity contribution in [3.63, 3.8) is 0 Å². The molecule has 1 atom stereocenters. The van der Waals surface area contributed by atoms with Crippen LogP contribution in [0.15, 0.2) is 42.9 Å². The van der Waals surface area contributed by atoms with Gasteiger partial charge in [-0.3, -0.25) is 14.8 Å². The minimum Gasteiger partial charge on any atom is -0.496 e. The molecule has 1 aliphatic heterocycles. The maximum Gasteiger partial charge on any atom is 0.257 e. The van der Waals surface area contributed by atoms with Crippen molar-refractivity contribution in [1.82, 2.24) is 14.9 Å². The molecule has 1 aliphatic rings. The average molecular weight is 299 g/mol. The lowest BCUT2D eigenvalue weighted by Crippen LogP contribution is -2.42. The number of aromatic nitrogens is 2. The maximum atomic E-state index is 12.7. The fourth-order valence-electron chi connectivity index (χ4n) is 2.48. The average Bonchev–Trinajstić information content (AvgIpc) is 2.62. The maximum absolute atomic E-state index is 12.7. The van der Waals surface area contributed by atoms with Crippen LogP contribution in [0.1, 0.15) is 22.2 Å². The van der Waals surface area contributed by atoms with Gasteiger partial charge in [0.25, 0.3) is 5.91 Å². The van der Waals surface area contributed by atoms with Crippen LogP contribution in [0.3, 0.4) is 0 Å². The topological polar surface area (TPSA) is 64.5 Å². The second kappa shape index (κ2) is 6.53. The fraction of sp³-hybridized carbons (Fsp3) is 0.312. The standard InChI is InChI=1S/C16H17N3O3/c1-21-14-5-3-2-4-12(14)16(20)19-8-9-22-15(11-19)13-10-17-6-7-18-13/h2-7,10,15H,8-9,11H2,1H3/t15-/m1/s1. The van der Waals surface area contributed by atoms with Crippen LogP contribution in [0.25, 0.3) is 0 Å². The lowest BCUT2D eigenvalue weighted by Gasteiger charge is -2.32. The van der Waals surface area contributed by atoms with Crippen LogP contribution in [0.4, 0.5) is 0 Å². The molecule has 2 heterocycles. The van der Waals surface area contributed by atoms with Crippen molar-refractivity contribution in [2.24, 2.45) is 0 Å². The molecule has 0 saturated carbocycles. The Morgan fingerprint density at radius 1 is 1.36 bits per heavy atom. The first-order valence-electron chi connectivity index (χ1n) is 7.09. The highest BCUT2D eigenvalue weighted by atomic mass is 16.5. The van der Waals surface area contributed by atoms with Gasteiger partial charge in [-0.15, -0.1) is 0 Å². The van der Waals surface area contributed by atoms with Crippen molar-refractivity contribution >= 4 is 5.91 Å². The molecule has 1 amide bonds. The van der Waals surface area contributed by atoms with Gasteiger partial charge in [0.1, 0.15) is 11.9 Å². The Balaban J connectivity index is 1.78. The molecule has 3 rings (SSSR count). The second-order valence-corrected chi connectivity index (χ2v) is 4.94. The number of rotatable bonds is 3. The number of nitrogens with zero attached hydrogens (tertiary/aromatic N) is 3. The van der Waals surface area contributed by atoms with E-state index in [-0.39, 0.29) is 12.0 Å². The molecule has 0 spiro atoms. The van der Waals surface area contributed by atoms with E-state index < -0.39 is 0 Å². The zero-order valence-electron chi connectivity index (χ0n) is 12.3. The lowest BCUT2D eigenvalue weighted by molar-refractivity contribution is -0.0249. The van der Waals surface area contributed by atoms with Crippen molar-refractivity contribution in [1.29, 1.82) is 0 Å². The van der Waals surface area contributed by atoms with E-state index in [1.165, 1.54) is 0 Å². The number of ether oxygens (including phenoxy) is 2. The third kappa shape index (κ3) is 2.92. The van der Waals surface area contributed by atoms with Gasteiger partial charge in [-0.25, -0.2) is 0 Å². The van der Waals surface area contributed by atoms with E-state index in [2.05, 4.69) is 9.97 Å². The van der Waals surface area contributed by atoms with Gasteiger partial charge in [0.2, 0.25) is 0 Å². The monoisotopic (exact) mass is 299 g/mol. The molecule has 0 bridgehead atoms. The first-order chi connectivity index (χ1) is 10.8. The Bertz CT molecular complexity index is 648. The van der Waals surface area contributed by atoms with Crippen LogP contribution in [0.5, 0.6) is 5.75 Å². The molecule has 1 saturated heterocycles. The molecule has 6 heteroatoms. The third-order valence-electron chi connectivity index (χ3n) is 3.60. The van der Waals surface area contributed by atoms with Crippen molar-refractivity contribution in [3.05, 3.63) is 54.1 Å². The zero-order valence-corrected chi connectivity index (χ0v) is 12.3. The molecule has 0 aliphatic carbocycles. The number of carbonyl (C=O) groups is 1. The van der Waals surface area contributed by atoms with Crippen LogP contribution >= 0.6 is 0 Å². The van der Waals surface area contributed by atoms with E-state index in [4.69, 9.17) is 9.47 Å². The smallest absolute Gasteiger partial charge is 0.257 e. The summed E-state index contributed by atoms with van der Waals surface area (Å²) in [6.45, 7) is 1.48. The molecule has 22 heavy (non-hydrogen) atoms. The van der Waals surface area contributed by atoms with Gasteiger partial charge in [0.15, 0.2) is 0 Å². The second-order valence-electron chi connectivity index (χ2n) is 4.94. The van der Waals surface area contributed by atoms with Crippen molar-refractivity contribution < 1.29 is 14.3 Å². The van der Waals surface area contributed by atoms with Gasteiger partial charge >= 0.3 is 0 Å². The molecule has 0 N–H and O–H groups in total. The number of hydrogen-bond acceptors (Lipinski definition) is 5. The number of hydrogen-bond donors (Lipinski definition) is 0. The molecule has 0 radical (unpaired) electrons. The number of benzene rings is 1. The minimum atomic E-state index is -0.249. The third-order valence-corrected chi connectivity index (χ3v) is 3.60. The molecule has 2 aromatic rings. The van der Waals surface area contributed by atoms with Crippen molar-refractivity contribution in [3.8, 4) is 5.75 Å². The molecular formula is C16H17N3O3. The molecule has 1 aromatic carbocycles. The van der Waals surface area contributed by atoms with Gasteiger partial charge in [0.05, 0.1) is 37.7 Å². The Morgan fingerprint density at radius 2 is 2.23 bits per heavy atom. The van der Waals surface area contributed by atoms with Crippen LogP contribution in [-0.4, -0.2) is 47.6 Å². The lowest BCUT2D eigenvalue weighted by atomic mass is 10.1. The van der Waals surface area contributed by atoms with E-state index in [1.54, 1.807) is 42.7 Å². The summed E-state index contributed by atoms with van der Waals surface area (Å²) in [6, 6.07) is 7.23. The number of morpholine rings is 1. The first-order valence-corrected chi connectivity index (χ1v) is 7.09. The highest BCUT2D eigenvalue weighted by Crippen LogP contribution is 2.24. The van der Waals surface area contributed by atoms with Gasteiger partial charge < -0.3 is 14.4 Å². The Labute approximate surface area is 128 Å². The van der Waals surface area contributed by atoms with E-state index in [9.17, 15) is 4.79 Å². The molecule has 6 nitrogen and oxygen atoms in total. The van der Waals surface area contributed by atoms with Crippen LogP contribution in [0, 0.1) is 0 Å². The summed E-state index contributed by atoms with van der Waals surface area (Å²) < 4.78 is 11.0. The number of carbonyl (C=O) groups excluding carboxylic acids is 1. The van der Waals surface area contributed by atoms with Crippen LogP contribution in [0.2, 0.25) is 0 Å². The summed E-state index contributed by atoms with van der Waals surface area (Å²) >= 11 is 0. The Morgan fingerprint density at radius 3 is 3.00 bits per heavy atom. The minimum absolute atomic E-state index is 0.0605. The number of amides is 1. The van der Waals surface area contributed by atoms with E-state index in [0.717, 1.165) is 5.69 Å². The van der Waals surface area contributed by atoms with Gasteiger partial charge in [0, 0.05) is 18.9 Å². The van der Waals surface area contributed by atoms with Crippen LogP contribution < -0.4 is 4.74 Å². The zero-order chi connectivity index (χ0) is 15.4. The SMILES string of the molecule is COc1ccccc1C(=O)N1CCO[C@@H](c2cnccn2)C1. The fourth-order valence-corrected chi connectivity index (χ4v) is 2.48. The van der Waals surface area contributed by atoms with E-state index in [1.807, 2.05) is 12.1 Å². The predicted molar refractivity (Wildman–Crippen MR) is 79.6 cm³/mol. The van der Waals surface area contributed by atoms with Crippen molar-refractivity contribution in [2.45, 2.75) is 6.10 Å². The largest absolute Gasteiger partial charge is 0.496 e. The molecule has 0 unspecified atom stereocenters. The van der Waals surface area contributed by atoms with Gasteiger partial charge in [-0.05, 0) is 12.1 Å². The number of para-hydroxylation sites is 1. The summed E-state index contributed by atoms with van der Waals surface area (Å²) in [5.41, 5.74) is 1.30. The highest BCUT2D eigenvalue weighted by Gasteiger charge is 2.28. The summed E-state index contributed by atoms with van der Waals surface area (Å²) in [5, 5.41) is 0. The van der Waals surface area contributed by atoms with E-state index in [0.29, 0.717) is 31.0 Å². The highest BCUT2D eigenvalue weighted by molar-refractivity contribution is 5.97. The van der Waals surface area contributed by atoms with Gasteiger partial charge in [-0.2, -0.15) is 0 Å². The quantitative estimate of drug-likeness (QED) is 0.863. The van der Waals surface area contributed by atoms with Gasteiger partial charge in [-0.1, -0.05) is 12.1 Å². The summed E-state index contributed by atoms with van der Waals surface area (Å²) in [4.78, 5) is 22.8. The Hall–Kier alpha value is -2.47. The van der Waals surface area contributed by atoms with Crippen molar-refractivity contribution in [2.75, 3.05) is 26.8 Å². The first kappa shape index (κ1) is 14.5.